The molecule has 0 fully saturated rings. The monoisotopic (exact) mass is 444 g/mol. The predicted octanol–water partition coefficient (Wildman–Crippen LogP) is 3.27. The van der Waals surface area contributed by atoms with E-state index in [4.69, 9.17) is 0 Å². The third-order valence-corrected chi connectivity index (χ3v) is 4.71. The molecule has 0 aliphatic carbocycles. The fourth-order valence-corrected chi connectivity index (χ4v) is 3.13. The van der Waals surface area contributed by atoms with E-state index >= 15 is 0 Å². The molecule has 0 atom stereocenters. The highest BCUT2D eigenvalue weighted by Gasteiger charge is 2.36. The first kappa shape index (κ1) is 19.3. The normalized spacial score (nSPS) is 12.0. The number of aromatic nitrogens is 5. The Morgan fingerprint density at radius 1 is 1.30 bits per heavy atom. The summed E-state index contributed by atoms with van der Waals surface area (Å²) in [5.41, 5.74) is 0.523. The van der Waals surface area contributed by atoms with Crippen LogP contribution in [0.5, 0.6) is 0 Å². The highest BCUT2D eigenvalue weighted by molar-refractivity contribution is 9.10. The maximum absolute atomic E-state index is 13.3. The van der Waals surface area contributed by atoms with Gasteiger partial charge in [-0.3, -0.25) is 9.48 Å². The quantitative estimate of drug-likeness (QED) is 0.669. The summed E-state index contributed by atoms with van der Waals surface area (Å²) in [6.45, 7) is 6.08. The molecule has 0 aromatic carbocycles. The van der Waals surface area contributed by atoms with Crippen molar-refractivity contribution in [1.82, 2.24) is 29.7 Å². The van der Waals surface area contributed by atoms with Crippen molar-refractivity contribution in [3.8, 4) is 0 Å². The Kier molecular flexibility index (Phi) is 4.98. The van der Waals surface area contributed by atoms with Crippen LogP contribution in [-0.2, 0) is 19.3 Å². The number of halogens is 4. The van der Waals surface area contributed by atoms with Crippen LogP contribution in [0, 0.1) is 13.8 Å². The van der Waals surface area contributed by atoms with E-state index in [0.29, 0.717) is 11.1 Å². The third-order valence-electron chi connectivity index (χ3n) is 3.98. The molecule has 3 heterocycles. The minimum atomic E-state index is -4.63. The second-order valence-electron chi connectivity index (χ2n) is 5.96. The van der Waals surface area contributed by atoms with Gasteiger partial charge in [0, 0.05) is 30.5 Å². The van der Waals surface area contributed by atoms with Crippen molar-refractivity contribution in [2.45, 2.75) is 40.0 Å². The number of nitrogens with one attached hydrogen (secondary N) is 1. The van der Waals surface area contributed by atoms with Crippen molar-refractivity contribution in [2.24, 2.45) is 0 Å². The molecule has 0 aliphatic rings. The third kappa shape index (κ3) is 3.68. The van der Waals surface area contributed by atoms with Gasteiger partial charge in [-0.2, -0.15) is 23.4 Å². The zero-order chi connectivity index (χ0) is 19.9. The van der Waals surface area contributed by atoms with Crippen LogP contribution in [0.4, 0.5) is 13.2 Å². The van der Waals surface area contributed by atoms with Gasteiger partial charge in [-0.1, -0.05) is 0 Å². The topological polar surface area (TPSA) is 77.1 Å². The van der Waals surface area contributed by atoms with Gasteiger partial charge in [0.15, 0.2) is 11.3 Å². The van der Waals surface area contributed by atoms with Gasteiger partial charge in [0.2, 0.25) is 0 Å². The number of fused-ring (bicyclic) bond motifs is 1. The molecule has 3 aromatic rings. The number of alkyl halides is 3. The van der Waals surface area contributed by atoms with Gasteiger partial charge >= 0.3 is 6.18 Å². The number of nitrogens with zero attached hydrogens (tertiary/aromatic N) is 5. The van der Waals surface area contributed by atoms with Crippen molar-refractivity contribution < 1.29 is 18.0 Å². The molecule has 3 aromatic heterocycles. The Morgan fingerprint density at radius 2 is 2.00 bits per heavy atom. The summed E-state index contributed by atoms with van der Waals surface area (Å²) in [5, 5.41) is 10.8. The highest BCUT2D eigenvalue weighted by atomic mass is 79.9. The van der Waals surface area contributed by atoms with Crippen LogP contribution in [0.3, 0.4) is 0 Å². The molecule has 0 saturated heterocycles. The maximum Gasteiger partial charge on any atom is 0.433 e. The number of hydrogen-bond acceptors (Lipinski definition) is 4. The number of hydrogen-bond donors (Lipinski definition) is 1. The molecule has 1 amide bonds. The molecular weight excluding hydrogens is 429 g/mol. The second kappa shape index (κ2) is 6.95. The minimum Gasteiger partial charge on any atom is -0.346 e. The lowest BCUT2D eigenvalue weighted by atomic mass is 10.2. The van der Waals surface area contributed by atoms with E-state index in [-0.39, 0.29) is 28.1 Å². The number of aryl methyl sites for hydroxylation is 3. The van der Waals surface area contributed by atoms with Crippen LogP contribution >= 0.6 is 15.9 Å². The molecule has 0 bridgehead atoms. The fraction of sp³-hybridized carbons (Fsp3) is 0.375. The molecule has 27 heavy (non-hydrogen) atoms. The van der Waals surface area contributed by atoms with E-state index in [1.54, 1.807) is 10.9 Å². The summed E-state index contributed by atoms with van der Waals surface area (Å²) < 4.78 is 42.3. The van der Waals surface area contributed by atoms with Gasteiger partial charge in [-0.15, -0.1) is 0 Å². The van der Waals surface area contributed by atoms with E-state index in [2.05, 4.69) is 36.4 Å². The molecule has 0 aliphatic heterocycles. The Balaban J connectivity index is 1.93. The lowest BCUT2D eigenvalue weighted by Gasteiger charge is -2.09. The summed E-state index contributed by atoms with van der Waals surface area (Å²) in [7, 11) is 0. The average molecular weight is 445 g/mol. The molecule has 0 spiro atoms. The van der Waals surface area contributed by atoms with Crippen molar-refractivity contribution >= 4 is 27.5 Å². The smallest absolute Gasteiger partial charge is 0.346 e. The van der Waals surface area contributed by atoms with E-state index in [0.717, 1.165) is 17.3 Å². The van der Waals surface area contributed by atoms with Crippen molar-refractivity contribution in [1.29, 1.82) is 0 Å². The van der Waals surface area contributed by atoms with E-state index < -0.39 is 17.8 Å². The molecule has 0 radical (unpaired) electrons. The zero-order valence-electron chi connectivity index (χ0n) is 14.7. The largest absolute Gasteiger partial charge is 0.433 e. The molecule has 3 rings (SSSR count). The van der Waals surface area contributed by atoms with Gasteiger partial charge in [0.05, 0.1) is 10.2 Å². The first-order valence-electron chi connectivity index (χ1n) is 8.06. The molecule has 144 valence electrons. The Bertz CT molecular complexity index is 1020. The maximum atomic E-state index is 13.3. The van der Waals surface area contributed by atoms with E-state index in [9.17, 15) is 18.0 Å². The minimum absolute atomic E-state index is 0.0672. The lowest BCUT2D eigenvalue weighted by Crippen LogP contribution is -2.24. The summed E-state index contributed by atoms with van der Waals surface area (Å²) in [6, 6.07) is 0.886. The molecular formula is C16H16BrF3N6O. The van der Waals surface area contributed by atoms with Gasteiger partial charge < -0.3 is 5.32 Å². The number of carbonyl (C=O) groups excluding carboxylic acids is 1. The van der Waals surface area contributed by atoms with Crippen LogP contribution in [0.2, 0.25) is 0 Å². The average Bonchev–Trinajstić information content (AvgIpc) is 3.11. The first-order valence-corrected chi connectivity index (χ1v) is 8.85. The molecule has 0 saturated carbocycles. The van der Waals surface area contributed by atoms with Gasteiger partial charge in [0.25, 0.3) is 5.91 Å². The van der Waals surface area contributed by atoms with Crippen molar-refractivity contribution in [3.05, 3.63) is 45.1 Å². The van der Waals surface area contributed by atoms with Gasteiger partial charge in [-0.05, 0) is 42.8 Å². The van der Waals surface area contributed by atoms with Crippen LogP contribution in [0.1, 0.15) is 40.1 Å². The van der Waals surface area contributed by atoms with Crippen LogP contribution < -0.4 is 5.32 Å². The second-order valence-corrected chi connectivity index (χ2v) is 6.75. The SMILES string of the molecule is CCn1cc(CNC(=O)c2nn3c(C(F)(F)F)cc(C)nc3c2Br)c(C)n1. The summed E-state index contributed by atoms with van der Waals surface area (Å²) in [4.78, 5) is 16.5. The summed E-state index contributed by atoms with van der Waals surface area (Å²) in [5.74, 6) is -0.609. The number of carbonyl (C=O) groups is 1. The number of amides is 1. The van der Waals surface area contributed by atoms with Crippen LogP contribution in [0.15, 0.2) is 16.7 Å². The zero-order valence-corrected chi connectivity index (χ0v) is 16.3. The Hall–Kier alpha value is -2.43. The fourth-order valence-electron chi connectivity index (χ4n) is 2.61. The van der Waals surface area contributed by atoms with Crippen molar-refractivity contribution in [3.63, 3.8) is 0 Å². The molecule has 7 nitrogen and oxygen atoms in total. The van der Waals surface area contributed by atoms with E-state index in [1.807, 2.05) is 13.8 Å². The van der Waals surface area contributed by atoms with E-state index in [1.165, 1.54) is 6.92 Å². The molecule has 11 heteroatoms. The van der Waals surface area contributed by atoms with Crippen LogP contribution in [-0.4, -0.2) is 30.3 Å². The Labute approximate surface area is 160 Å². The molecule has 0 unspecified atom stereocenters. The van der Waals surface area contributed by atoms with Crippen molar-refractivity contribution in [2.75, 3.05) is 0 Å². The van der Waals surface area contributed by atoms with Gasteiger partial charge in [0.1, 0.15) is 5.69 Å². The lowest BCUT2D eigenvalue weighted by molar-refractivity contribution is -0.142. The Morgan fingerprint density at radius 3 is 2.59 bits per heavy atom. The summed E-state index contributed by atoms with van der Waals surface area (Å²) in [6.07, 6.45) is -2.82. The van der Waals surface area contributed by atoms with Crippen LogP contribution in [0.25, 0.3) is 5.65 Å². The van der Waals surface area contributed by atoms with Gasteiger partial charge in [-0.25, -0.2) is 9.50 Å². The number of rotatable bonds is 4. The summed E-state index contributed by atoms with van der Waals surface area (Å²) >= 11 is 3.15. The highest BCUT2D eigenvalue weighted by Crippen LogP contribution is 2.32. The predicted molar refractivity (Wildman–Crippen MR) is 94.2 cm³/mol. The first-order chi connectivity index (χ1) is 12.6. The molecule has 1 N–H and O–H groups in total. The standard InChI is InChI=1S/C16H16BrF3N6O/c1-4-25-7-10(9(3)23-25)6-21-15(27)13-12(17)14-22-8(2)5-11(16(18,19)20)26(14)24-13/h5,7H,4,6H2,1-3H3,(H,21,27).